The van der Waals surface area contributed by atoms with Crippen molar-refractivity contribution in [3.05, 3.63) is 23.5 Å². The smallest absolute Gasteiger partial charge is 0.237 e. The highest BCUT2D eigenvalue weighted by molar-refractivity contribution is 7.92. The molecule has 0 spiro atoms. The van der Waals surface area contributed by atoms with Crippen molar-refractivity contribution in [3.8, 4) is 11.4 Å². The summed E-state index contributed by atoms with van der Waals surface area (Å²) in [5.41, 5.74) is 0.549. The lowest BCUT2D eigenvalue weighted by Gasteiger charge is -2.18. The maximum absolute atomic E-state index is 12.2. The number of methoxy groups -OCH3 is 1. The third kappa shape index (κ3) is 4.84. The molecule has 0 bridgehead atoms. The normalized spacial score (nSPS) is 13.3. The summed E-state index contributed by atoms with van der Waals surface area (Å²) in [6.07, 6.45) is 1.16. The maximum atomic E-state index is 12.2. The first-order valence-corrected chi connectivity index (χ1v) is 9.60. The van der Waals surface area contributed by atoms with E-state index in [0.717, 1.165) is 11.5 Å². The molecule has 0 aliphatic heterocycles. The molecule has 2 aromatic heterocycles. The van der Waals surface area contributed by atoms with E-state index in [1.807, 2.05) is 13.8 Å². The van der Waals surface area contributed by atoms with Crippen molar-refractivity contribution in [3.63, 3.8) is 0 Å². The van der Waals surface area contributed by atoms with Crippen LogP contribution in [0.25, 0.3) is 11.4 Å². The van der Waals surface area contributed by atoms with Gasteiger partial charge in [-0.2, -0.15) is 9.36 Å². The van der Waals surface area contributed by atoms with E-state index in [1.54, 1.807) is 18.3 Å². The second-order valence-corrected chi connectivity index (χ2v) is 8.04. The summed E-state index contributed by atoms with van der Waals surface area (Å²) in [5, 5.41) is 0.442. The van der Waals surface area contributed by atoms with Gasteiger partial charge in [-0.25, -0.2) is 13.4 Å². The number of nitrogens with zero attached hydrogens (tertiary/aromatic N) is 3. The summed E-state index contributed by atoms with van der Waals surface area (Å²) in [6.45, 7) is 3.80. The Morgan fingerprint density at radius 3 is 2.78 bits per heavy atom. The van der Waals surface area contributed by atoms with Gasteiger partial charge in [-0.05, 0) is 18.1 Å². The Hall–Kier alpha value is -1.29. The second kappa shape index (κ2) is 7.52. The number of aromatic nitrogens is 3. The molecule has 126 valence electrons. The molecule has 0 aliphatic rings. The first-order valence-electron chi connectivity index (χ1n) is 6.80. The van der Waals surface area contributed by atoms with E-state index in [1.165, 1.54) is 7.11 Å². The molecule has 0 radical (unpaired) electrons. The largest absolute Gasteiger partial charge is 0.380 e. The van der Waals surface area contributed by atoms with Crippen LogP contribution < -0.4 is 4.72 Å². The quantitative estimate of drug-likeness (QED) is 0.746. The highest BCUT2D eigenvalue weighted by atomic mass is 35.5. The van der Waals surface area contributed by atoms with Crippen molar-refractivity contribution in [2.45, 2.75) is 20.0 Å². The average Bonchev–Trinajstić information content (AvgIpc) is 2.92. The van der Waals surface area contributed by atoms with Crippen molar-refractivity contribution in [1.29, 1.82) is 0 Å². The van der Waals surface area contributed by atoms with Gasteiger partial charge in [0.25, 0.3) is 0 Å². The summed E-state index contributed by atoms with van der Waals surface area (Å²) in [6, 6.07) is 3.42. The number of rotatable bonds is 7. The molecule has 2 rings (SSSR count). The average molecular weight is 377 g/mol. The van der Waals surface area contributed by atoms with Crippen LogP contribution in [0.2, 0.25) is 5.15 Å². The fourth-order valence-corrected chi connectivity index (χ4v) is 4.37. The number of ether oxygens (including phenoxy) is 1. The van der Waals surface area contributed by atoms with Crippen LogP contribution in [0.4, 0.5) is 5.13 Å². The molecule has 2 heterocycles. The zero-order valence-corrected chi connectivity index (χ0v) is 15.2. The van der Waals surface area contributed by atoms with Gasteiger partial charge in [-0.15, -0.1) is 0 Å². The lowest BCUT2D eigenvalue weighted by Crippen LogP contribution is -2.31. The van der Waals surface area contributed by atoms with Crippen LogP contribution in [0.15, 0.2) is 18.3 Å². The first kappa shape index (κ1) is 18.1. The topological polar surface area (TPSA) is 94.1 Å². The predicted molar refractivity (Wildman–Crippen MR) is 91.2 cm³/mol. The Morgan fingerprint density at radius 2 is 2.17 bits per heavy atom. The molecule has 0 amide bonds. The number of hydrogen-bond acceptors (Lipinski definition) is 7. The Morgan fingerprint density at radius 1 is 1.43 bits per heavy atom. The number of hydrogen-bond donors (Lipinski definition) is 1. The second-order valence-electron chi connectivity index (χ2n) is 5.17. The van der Waals surface area contributed by atoms with Gasteiger partial charge in [0.05, 0.1) is 17.4 Å². The van der Waals surface area contributed by atoms with E-state index in [0.29, 0.717) is 11.4 Å². The minimum atomic E-state index is -3.59. The number of sulfonamides is 1. The standard InChI is InChI=1S/C13H17ClN4O3S2/c1-8(2)10(21-3)7-23(19,20)18-13-16-12(17-22-13)9-5-4-6-15-11(9)14/h4-6,8,10H,7H2,1-3H3,(H,16,17,18). The summed E-state index contributed by atoms with van der Waals surface area (Å²) in [4.78, 5) is 8.10. The van der Waals surface area contributed by atoms with Crippen LogP contribution in [0.1, 0.15) is 13.8 Å². The highest BCUT2D eigenvalue weighted by Crippen LogP contribution is 2.26. The molecule has 1 N–H and O–H groups in total. The zero-order valence-electron chi connectivity index (χ0n) is 12.9. The van der Waals surface area contributed by atoms with Crippen LogP contribution in [0.5, 0.6) is 0 Å². The molecule has 0 saturated heterocycles. The van der Waals surface area contributed by atoms with E-state index in [9.17, 15) is 8.42 Å². The van der Waals surface area contributed by atoms with E-state index in [-0.39, 0.29) is 22.0 Å². The fraction of sp³-hybridized carbons (Fsp3) is 0.462. The molecule has 2 aromatic rings. The number of nitrogens with one attached hydrogen (secondary N) is 1. The molecule has 1 atom stereocenters. The van der Waals surface area contributed by atoms with Gasteiger partial charge >= 0.3 is 0 Å². The lowest BCUT2D eigenvalue weighted by molar-refractivity contribution is 0.0829. The summed E-state index contributed by atoms with van der Waals surface area (Å²) < 4.78 is 36.1. The van der Waals surface area contributed by atoms with Crippen molar-refractivity contribution in [2.24, 2.45) is 5.92 Å². The van der Waals surface area contributed by atoms with Gasteiger partial charge in [0.15, 0.2) is 5.82 Å². The Labute approximate surface area is 144 Å². The maximum Gasteiger partial charge on any atom is 0.237 e. The van der Waals surface area contributed by atoms with Gasteiger partial charge in [0, 0.05) is 24.8 Å². The van der Waals surface area contributed by atoms with Crippen LogP contribution >= 0.6 is 23.1 Å². The van der Waals surface area contributed by atoms with E-state index < -0.39 is 16.1 Å². The van der Waals surface area contributed by atoms with Crippen molar-refractivity contribution in [2.75, 3.05) is 17.6 Å². The molecule has 0 aromatic carbocycles. The lowest BCUT2D eigenvalue weighted by atomic mass is 10.1. The molecular weight excluding hydrogens is 360 g/mol. The van der Waals surface area contributed by atoms with Crippen LogP contribution in [0, 0.1) is 5.92 Å². The number of pyridine rings is 1. The van der Waals surface area contributed by atoms with E-state index in [2.05, 4.69) is 19.1 Å². The minimum Gasteiger partial charge on any atom is -0.380 e. The monoisotopic (exact) mass is 376 g/mol. The molecule has 0 saturated carbocycles. The number of halogens is 1. The molecule has 0 aliphatic carbocycles. The fourth-order valence-electron chi connectivity index (χ4n) is 1.85. The van der Waals surface area contributed by atoms with Gasteiger partial charge in [-0.1, -0.05) is 25.4 Å². The van der Waals surface area contributed by atoms with Crippen molar-refractivity contribution >= 4 is 38.3 Å². The van der Waals surface area contributed by atoms with Gasteiger partial charge in [-0.3, -0.25) is 4.72 Å². The molecule has 1 unspecified atom stereocenters. The molecule has 0 fully saturated rings. The molecular formula is C13H17ClN4O3S2. The Balaban J connectivity index is 2.14. The van der Waals surface area contributed by atoms with Crippen LogP contribution in [-0.2, 0) is 14.8 Å². The number of anilines is 1. The minimum absolute atomic E-state index is 0.0794. The molecule has 7 nitrogen and oxygen atoms in total. The predicted octanol–water partition coefficient (Wildman–Crippen LogP) is 2.67. The Bertz CT molecular complexity index is 764. The van der Waals surface area contributed by atoms with E-state index in [4.69, 9.17) is 16.3 Å². The van der Waals surface area contributed by atoms with Crippen LogP contribution in [-0.4, -0.2) is 41.7 Å². The van der Waals surface area contributed by atoms with E-state index >= 15 is 0 Å². The van der Waals surface area contributed by atoms with Crippen LogP contribution in [0.3, 0.4) is 0 Å². The summed E-state index contributed by atoms with van der Waals surface area (Å²) >= 11 is 6.93. The third-order valence-corrected chi connectivity index (χ3v) is 5.43. The van der Waals surface area contributed by atoms with Gasteiger partial charge < -0.3 is 4.74 Å². The third-order valence-electron chi connectivity index (χ3n) is 3.10. The first-order chi connectivity index (χ1) is 10.8. The Kier molecular flexibility index (Phi) is 5.90. The SMILES string of the molecule is COC(CS(=O)(=O)Nc1nc(-c2cccnc2Cl)ns1)C(C)C. The van der Waals surface area contributed by atoms with Crippen molar-refractivity contribution in [1.82, 2.24) is 14.3 Å². The van der Waals surface area contributed by atoms with Gasteiger partial charge in [0.1, 0.15) is 5.15 Å². The molecule has 23 heavy (non-hydrogen) atoms. The van der Waals surface area contributed by atoms with Gasteiger partial charge in [0.2, 0.25) is 15.2 Å². The summed E-state index contributed by atoms with van der Waals surface area (Å²) in [5.74, 6) is 0.262. The zero-order chi connectivity index (χ0) is 17.0. The van der Waals surface area contributed by atoms with Crippen molar-refractivity contribution < 1.29 is 13.2 Å². The summed E-state index contributed by atoms with van der Waals surface area (Å²) in [7, 11) is -2.09. The molecule has 10 heteroatoms. The highest BCUT2D eigenvalue weighted by Gasteiger charge is 2.23.